The zero-order valence-corrected chi connectivity index (χ0v) is 10.2. The molecule has 2 nitrogen and oxygen atoms in total. The van der Waals surface area contributed by atoms with Crippen molar-refractivity contribution in [3.63, 3.8) is 0 Å². The molecule has 78 valence electrons. The van der Waals surface area contributed by atoms with E-state index < -0.39 is 0 Å². The van der Waals surface area contributed by atoms with Gasteiger partial charge in [-0.05, 0) is 24.1 Å². The quantitative estimate of drug-likeness (QED) is 0.907. The molecule has 1 atom stereocenters. The summed E-state index contributed by atoms with van der Waals surface area (Å²) in [6.07, 6.45) is 1.99. The van der Waals surface area contributed by atoms with Crippen molar-refractivity contribution in [1.82, 2.24) is 0 Å². The lowest BCUT2D eigenvalue weighted by Gasteiger charge is -2.08. The van der Waals surface area contributed by atoms with Gasteiger partial charge in [-0.25, -0.2) is 0 Å². The minimum atomic E-state index is -0.112. The molecule has 0 aromatic heterocycles. The van der Waals surface area contributed by atoms with Gasteiger partial charge in [0.2, 0.25) is 5.12 Å². The van der Waals surface area contributed by atoms with E-state index in [1.54, 1.807) is 0 Å². The van der Waals surface area contributed by atoms with Crippen LogP contribution in [0.15, 0.2) is 40.6 Å². The minimum Gasteiger partial charge on any atom is -0.511 e. The standard InChI is InChI=1S/C11H9BrO2S/c12-8-3-1-7(2-4-8)5-10-9(13)6-11(14)15-10/h1-4,6,10,13H,5H2. The molecule has 4 heteroatoms. The summed E-state index contributed by atoms with van der Waals surface area (Å²) in [4.78, 5) is 11.0. The zero-order valence-electron chi connectivity index (χ0n) is 7.81. The van der Waals surface area contributed by atoms with Crippen LogP contribution in [-0.4, -0.2) is 15.5 Å². The van der Waals surface area contributed by atoms with Crippen LogP contribution < -0.4 is 0 Å². The molecule has 1 heterocycles. The lowest BCUT2D eigenvalue weighted by atomic mass is 10.1. The van der Waals surface area contributed by atoms with Crippen molar-refractivity contribution in [3.05, 3.63) is 46.1 Å². The Hall–Kier alpha value is -0.740. The third-order valence-corrected chi connectivity index (χ3v) is 3.76. The van der Waals surface area contributed by atoms with E-state index in [9.17, 15) is 9.90 Å². The van der Waals surface area contributed by atoms with Gasteiger partial charge in [0.15, 0.2) is 0 Å². The zero-order chi connectivity index (χ0) is 10.8. The van der Waals surface area contributed by atoms with E-state index in [1.807, 2.05) is 24.3 Å². The van der Waals surface area contributed by atoms with E-state index in [-0.39, 0.29) is 16.1 Å². The first-order valence-electron chi connectivity index (χ1n) is 4.51. The van der Waals surface area contributed by atoms with Crippen LogP contribution in [0.5, 0.6) is 0 Å². The van der Waals surface area contributed by atoms with Crippen molar-refractivity contribution in [3.8, 4) is 0 Å². The molecular formula is C11H9BrO2S. The normalized spacial score (nSPS) is 20.5. The Labute approximate surface area is 101 Å². The number of halogens is 1. The number of hydrogen-bond donors (Lipinski definition) is 1. The summed E-state index contributed by atoms with van der Waals surface area (Å²) in [6.45, 7) is 0. The number of benzene rings is 1. The maximum atomic E-state index is 11.0. The number of rotatable bonds is 2. The van der Waals surface area contributed by atoms with Gasteiger partial charge < -0.3 is 5.11 Å². The highest BCUT2D eigenvalue weighted by Gasteiger charge is 2.25. The number of hydrogen-bond acceptors (Lipinski definition) is 3. The molecule has 0 saturated heterocycles. The molecule has 0 aliphatic carbocycles. The largest absolute Gasteiger partial charge is 0.511 e. The van der Waals surface area contributed by atoms with Crippen molar-refractivity contribution < 1.29 is 9.90 Å². The average Bonchev–Trinajstić information content (AvgIpc) is 2.49. The SMILES string of the molecule is O=C1C=C(O)C(Cc2ccc(Br)cc2)S1. The maximum Gasteiger partial charge on any atom is 0.216 e. The Balaban J connectivity index is 2.07. The van der Waals surface area contributed by atoms with Crippen molar-refractivity contribution in [2.24, 2.45) is 0 Å². The second-order valence-corrected chi connectivity index (χ2v) is 5.45. The summed E-state index contributed by atoms with van der Waals surface area (Å²) >= 11 is 4.54. The fourth-order valence-electron chi connectivity index (χ4n) is 1.43. The molecule has 0 bridgehead atoms. The molecule has 1 unspecified atom stereocenters. The Morgan fingerprint density at radius 2 is 2.00 bits per heavy atom. The molecule has 1 aliphatic heterocycles. The fraction of sp³-hybridized carbons (Fsp3) is 0.182. The smallest absolute Gasteiger partial charge is 0.216 e. The van der Waals surface area contributed by atoms with Gasteiger partial charge in [-0.3, -0.25) is 4.79 Å². The highest BCUT2D eigenvalue weighted by molar-refractivity contribution is 9.10. The second-order valence-electron chi connectivity index (χ2n) is 3.33. The third-order valence-electron chi connectivity index (χ3n) is 2.19. The molecule has 1 aromatic rings. The fourth-order valence-corrected chi connectivity index (χ4v) is 2.63. The first kappa shape index (κ1) is 10.8. The average molecular weight is 285 g/mol. The number of thioether (sulfide) groups is 1. The van der Waals surface area contributed by atoms with Crippen molar-refractivity contribution in [2.45, 2.75) is 11.7 Å². The van der Waals surface area contributed by atoms with E-state index in [0.29, 0.717) is 6.42 Å². The van der Waals surface area contributed by atoms with Crippen molar-refractivity contribution in [1.29, 1.82) is 0 Å². The first-order valence-corrected chi connectivity index (χ1v) is 6.18. The van der Waals surface area contributed by atoms with Crippen LogP contribution in [0, 0.1) is 0 Å². The maximum absolute atomic E-state index is 11.0. The van der Waals surface area contributed by atoms with E-state index >= 15 is 0 Å². The second kappa shape index (κ2) is 4.41. The number of aliphatic hydroxyl groups is 1. The minimum absolute atomic E-state index is 0.0605. The van der Waals surface area contributed by atoms with Crippen molar-refractivity contribution >= 4 is 32.8 Å². The molecular weight excluding hydrogens is 276 g/mol. The Morgan fingerprint density at radius 3 is 2.53 bits per heavy atom. The summed E-state index contributed by atoms with van der Waals surface area (Å²) in [5.41, 5.74) is 1.12. The van der Waals surface area contributed by atoms with Gasteiger partial charge in [-0.15, -0.1) is 0 Å². The van der Waals surface area contributed by atoms with Crippen LogP contribution in [0.25, 0.3) is 0 Å². The van der Waals surface area contributed by atoms with Crippen LogP contribution in [-0.2, 0) is 11.2 Å². The lowest BCUT2D eigenvalue weighted by molar-refractivity contribution is -0.106. The topological polar surface area (TPSA) is 37.3 Å². The van der Waals surface area contributed by atoms with E-state index in [0.717, 1.165) is 10.0 Å². The van der Waals surface area contributed by atoms with Gasteiger partial charge in [0, 0.05) is 10.5 Å². The summed E-state index contributed by atoms with van der Waals surface area (Å²) < 4.78 is 1.03. The summed E-state index contributed by atoms with van der Waals surface area (Å²) in [6, 6.07) is 7.89. The van der Waals surface area contributed by atoms with Crippen LogP contribution in [0.2, 0.25) is 0 Å². The molecule has 15 heavy (non-hydrogen) atoms. The predicted molar refractivity (Wildman–Crippen MR) is 64.9 cm³/mol. The van der Waals surface area contributed by atoms with E-state index in [1.165, 1.54) is 17.8 Å². The van der Waals surface area contributed by atoms with E-state index in [4.69, 9.17) is 0 Å². The first-order chi connectivity index (χ1) is 7.15. The van der Waals surface area contributed by atoms with Gasteiger partial charge >= 0.3 is 0 Å². The van der Waals surface area contributed by atoms with E-state index in [2.05, 4.69) is 15.9 Å². The Bertz CT molecular complexity index is 411. The van der Waals surface area contributed by atoms with Gasteiger partial charge in [0.25, 0.3) is 0 Å². The predicted octanol–water partition coefficient (Wildman–Crippen LogP) is 3.08. The van der Waals surface area contributed by atoms with Crippen LogP contribution in [0.1, 0.15) is 5.56 Å². The lowest BCUT2D eigenvalue weighted by Crippen LogP contribution is -2.06. The Kier molecular flexibility index (Phi) is 3.17. The highest BCUT2D eigenvalue weighted by Crippen LogP contribution is 2.29. The summed E-state index contributed by atoms with van der Waals surface area (Å²) in [5, 5.41) is 9.31. The monoisotopic (exact) mass is 284 g/mol. The Morgan fingerprint density at radius 1 is 1.33 bits per heavy atom. The van der Waals surface area contributed by atoms with Crippen LogP contribution >= 0.6 is 27.7 Å². The molecule has 0 amide bonds. The van der Waals surface area contributed by atoms with Crippen LogP contribution in [0.3, 0.4) is 0 Å². The molecule has 2 rings (SSSR count). The molecule has 1 aliphatic rings. The number of carbonyl (C=O) groups excluding carboxylic acids is 1. The summed E-state index contributed by atoms with van der Waals surface area (Å²) in [5.74, 6) is 0.188. The van der Waals surface area contributed by atoms with Crippen LogP contribution in [0.4, 0.5) is 0 Å². The summed E-state index contributed by atoms with van der Waals surface area (Å²) in [7, 11) is 0. The van der Waals surface area contributed by atoms with Gasteiger partial charge in [-0.2, -0.15) is 0 Å². The van der Waals surface area contributed by atoms with Crippen molar-refractivity contribution in [2.75, 3.05) is 0 Å². The van der Waals surface area contributed by atoms with Gasteiger partial charge in [0.1, 0.15) is 5.76 Å². The highest BCUT2D eigenvalue weighted by atomic mass is 79.9. The number of carbonyl (C=O) groups is 1. The van der Waals surface area contributed by atoms with Gasteiger partial charge in [0.05, 0.1) is 5.25 Å². The molecule has 0 radical (unpaired) electrons. The number of aliphatic hydroxyl groups excluding tert-OH is 1. The van der Waals surface area contributed by atoms with Gasteiger partial charge in [-0.1, -0.05) is 39.8 Å². The molecule has 1 N–H and O–H groups in total. The molecule has 0 saturated carbocycles. The molecule has 0 spiro atoms. The molecule has 1 aromatic carbocycles. The molecule has 0 fully saturated rings. The third kappa shape index (κ3) is 2.63.